The van der Waals surface area contributed by atoms with Crippen LogP contribution in [0.15, 0.2) is 42.5 Å². The molecule has 0 aliphatic rings. The van der Waals surface area contributed by atoms with Crippen LogP contribution in [0.3, 0.4) is 0 Å². The normalized spacial score (nSPS) is 13.6. The van der Waals surface area contributed by atoms with Crippen LogP contribution in [0.2, 0.25) is 0 Å². The Hall–Kier alpha value is -1.67. The van der Waals surface area contributed by atoms with Crippen molar-refractivity contribution in [1.29, 1.82) is 0 Å². The van der Waals surface area contributed by atoms with Gasteiger partial charge < -0.3 is 5.11 Å². The molecule has 1 atom stereocenters. The number of aliphatic hydroxyl groups is 1. The van der Waals surface area contributed by atoms with Crippen molar-refractivity contribution >= 4 is 16.6 Å². The van der Waals surface area contributed by atoms with E-state index in [0.717, 1.165) is 10.8 Å². The van der Waals surface area contributed by atoms with Crippen LogP contribution in [-0.2, 0) is 0 Å². The number of rotatable bonds is 2. The molecule has 0 radical (unpaired) electrons. The first-order chi connectivity index (χ1) is 8.41. The number of carbonyl (C=O) groups is 1. The lowest BCUT2D eigenvalue weighted by Crippen LogP contribution is -2.34. The van der Waals surface area contributed by atoms with E-state index in [1.54, 1.807) is 6.07 Å². The fourth-order valence-corrected chi connectivity index (χ4v) is 1.98. The van der Waals surface area contributed by atoms with Crippen LogP contribution in [0, 0.1) is 5.41 Å². The van der Waals surface area contributed by atoms with Gasteiger partial charge in [0.2, 0.25) is 0 Å². The Kier molecular flexibility index (Phi) is 3.22. The highest BCUT2D eigenvalue weighted by Gasteiger charge is 2.30. The summed E-state index contributed by atoms with van der Waals surface area (Å²) in [5, 5.41) is 12.0. The van der Waals surface area contributed by atoms with Crippen molar-refractivity contribution in [2.24, 2.45) is 5.41 Å². The minimum absolute atomic E-state index is 0.209. The van der Waals surface area contributed by atoms with Crippen molar-refractivity contribution in [2.75, 3.05) is 0 Å². The summed E-state index contributed by atoms with van der Waals surface area (Å²) in [4.78, 5) is 12.4. The molecule has 0 heterocycles. The van der Waals surface area contributed by atoms with E-state index in [1.807, 2.05) is 57.2 Å². The molecule has 2 nitrogen and oxygen atoms in total. The highest BCUT2D eigenvalue weighted by atomic mass is 16.3. The van der Waals surface area contributed by atoms with Gasteiger partial charge in [0.1, 0.15) is 6.10 Å². The van der Waals surface area contributed by atoms with Gasteiger partial charge in [-0.1, -0.05) is 63.2 Å². The monoisotopic (exact) mass is 242 g/mol. The molecular formula is C16H18O2. The molecule has 0 aromatic heterocycles. The molecule has 0 bridgehead atoms. The van der Waals surface area contributed by atoms with Crippen LogP contribution < -0.4 is 0 Å². The van der Waals surface area contributed by atoms with Crippen LogP contribution in [0.5, 0.6) is 0 Å². The first-order valence-corrected chi connectivity index (χ1v) is 6.11. The Balaban J connectivity index is 2.52. The van der Waals surface area contributed by atoms with Gasteiger partial charge in [-0.3, -0.25) is 4.79 Å². The predicted molar refractivity (Wildman–Crippen MR) is 73.7 cm³/mol. The third kappa shape index (κ3) is 2.29. The maximum absolute atomic E-state index is 12.4. The molecular weight excluding hydrogens is 224 g/mol. The highest BCUT2D eigenvalue weighted by Crippen LogP contribution is 2.26. The molecule has 94 valence electrons. The number of hydrogen-bond donors (Lipinski definition) is 1. The first-order valence-electron chi connectivity index (χ1n) is 6.11. The number of hydrogen-bond acceptors (Lipinski definition) is 2. The summed E-state index contributed by atoms with van der Waals surface area (Å²) < 4.78 is 0. The van der Waals surface area contributed by atoms with Gasteiger partial charge in [0.25, 0.3) is 0 Å². The zero-order chi connectivity index (χ0) is 13.3. The van der Waals surface area contributed by atoms with E-state index in [4.69, 9.17) is 0 Å². The largest absolute Gasteiger partial charge is 0.384 e. The molecule has 0 saturated carbocycles. The summed E-state index contributed by atoms with van der Waals surface area (Å²) in [7, 11) is 0. The lowest BCUT2D eigenvalue weighted by Gasteiger charge is -2.24. The quantitative estimate of drug-likeness (QED) is 0.819. The highest BCUT2D eigenvalue weighted by molar-refractivity contribution is 6.10. The Bertz CT molecular complexity index is 574. The zero-order valence-electron chi connectivity index (χ0n) is 11.0. The third-order valence-electron chi connectivity index (χ3n) is 3.12. The van der Waals surface area contributed by atoms with E-state index >= 15 is 0 Å². The molecule has 2 aromatic rings. The van der Waals surface area contributed by atoms with E-state index in [2.05, 4.69) is 0 Å². The Morgan fingerprint density at radius 1 is 1.06 bits per heavy atom. The maximum atomic E-state index is 12.4. The summed E-state index contributed by atoms with van der Waals surface area (Å²) in [5.41, 5.74) is 0.143. The number of benzene rings is 2. The van der Waals surface area contributed by atoms with Gasteiger partial charge in [0, 0.05) is 5.56 Å². The van der Waals surface area contributed by atoms with Crippen molar-refractivity contribution in [3.8, 4) is 0 Å². The van der Waals surface area contributed by atoms with Gasteiger partial charge in [-0.2, -0.15) is 0 Å². The second kappa shape index (κ2) is 4.54. The molecule has 0 amide bonds. The van der Waals surface area contributed by atoms with Crippen LogP contribution >= 0.6 is 0 Å². The maximum Gasteiger partial charge on any atom is 0.192 e. The van der Waals surface area contributed by atoms with Gasteiger partial charge in [-0.05, 0) is 16.2 Å². The summed E-state index contributed by atoms with van der Waals surface area (Å²) in [6.45, 7) is 5.59. The van der Waals surface area contributed by atoms with Crippen molar-refractivity contribution < 1.29 is 9.90 Å². The van der Waals surface area contributed by atoms with E-state index in [0.29, 0.717) is 5.56 Å². The van der Waals surface area contributed by atoms with Gasteiger partial charge in [-0.25, -0.2) is 0 Å². The summed E-state index contributed by atoms with van der Waals surface area (Å²) in [6, 6.07) is 13.3. The molecule has 1 N–H and O–H groups in total. The number of Topliss-reactive ketones (excluding diaryl/α,β-unsaturated/α-hetero) is 1. The van der Waals surface area contributed by atoms with Crippen LogP contribution in [-0.4, -0.2) is 17.0 Å². The molecule has 0 fully saturated rings. The molecule has 0 spiro atoms. The minimum atomic E-state index is -0.983. The summed E-state index contributed by atoms with van der Waals surface area (Å²) >= 11 is 0. The smallest absolute Gasteiger partial charge is 0.192 e. The van der Waals surface area contributed by atoms with Crippen molar-refractivity contribution in [2.45, 2.75) is 26.9 Å². The topological polar surface area (TPSA) is 37.3 Å². The predicted octanol–water partition coefficient (Wildman–Crippen LogP) is 3.43. The van der Waals surface area contributed by atoms with Gasteiger partial charge in [0.15, 0.2) is 5.78 Å². The average molecular weight is 242 g/mol. The standard InChI is InChI=1S/C16H18O2/c1-16(2,3)15(18)14(17)13-10-6-8-11-7-4-5-9-12(11)13/h4-10,15,18H,1-3H3. The summed E-state index contributed by atoms with van der Waals surface area (Å²) in [5.74, 6) is -0.209. The van der Waals surface area contributed by atoms with Gasteiger partial charge in [0.05, 0.1) is 0 Å². The molecule has 0 saturated heterocycles. The molecule has 0 aliphatic heterocycles. The van der Waals surface area contributed by atoms with E-state index in [-0.39, 0.29) is 5.78 Å². The first kappa shape index (κ1) is 12.8. The number of carbonyl (C=O) groups excluding carboxylic acids is 1. The molecule has 2 rings (SSSR count). The van der Waals surface area contributed by atoms with Gasteiger partial charge >= 0.3 is 0 Å². The van der Waals surface area contributed by atoms with Gasteiger partial charge in [-0.15, -0.1) is 0 Å². The van der Waals surface area contributed by atoms with Crippen molar-refractivity contribution in [3.63, 3.8) is 0 Å². The molecule has 1 unspecified atom stereocenters. The van der Waals surface area contributed by atoms with E-state index < -0.39 is 11.5 Å². The van der Waals surface area contributed by atoms with E-state index in [9.17, 15) is 9.90 Å². The fraction of sp³-hybridized carbons (Fsp3) is 0.312. The molecule has 2 aromatic carbocycles. The van der Waals surface area contributed by atoms with Crippen molar-refractivity contribution in [3.05, 3.63) is 48.0 Å². The lowest BCUT2D eigenvalue weighted by molar-refractivity contribution is 0.0444. The molecule has 0 aliphatic carbocycles. The van der Waals surface area contributed by atoms with Crippen LogP contribution in [0.25, 0.3) is 10.8 Å². The number of fused-ring (bicyclic) bond motifs is 1. The minimum Gasteiger partial charge on any atom is -0.384 e. The Morgan fingerprint density at radius 3 is 2.33 bits per heavy atom. The Labute approximate surface area is 107 Å². The second-order valence-corrected chi connectivity index (χ2v) is 5.66. The van der Waals surface area contributed by atoms with Crippen LogP contribution in [0.1, 0.15) is 31.1 Å². The van der Waals surface area contributed by atoms with E-state index in [1.165, 1.54) is 0 Å². The lowest BCUT2D eigenvalue weighted by atomic mass is 9.83. The average Bonchev–Trinajstić information content (AvgIpc) is 2.35. The zero-order valence-corrected chi connectivity index (χ0v) is 11.0. The fourth-order valence-electron chi connectivity index (χ4n) is 1.98. The molecule has 2 heteroatoms. The number of aliphatic hydroxyl groups excluding tert-OH is 1. The Morgan fingerprint density at radius 2 is 1.67 bits per heavy atom. The third-order valence-corrected chi connectivity index (χ3v) is 3.12. The van der Waals surface area contributed by atoms with Crippen molar-refractivity contribution in [1.82, 2.24) is 0 Å². The second-order valence-electron chi connectivity index (χ2n) is 5.66. The number of ketones is 1. The molecule has 18 heavy (non-hydrogen) atoms. The van der Waals surface area contributed by atoms with Crippen LogP contribution in [0.4, 0.5) is 0 Å². The SMILES string of the molecule is CC(C)(C)C(O)C(=O)c1cccc2ccccc12. The summed E-state index contributed by atoms with van der Waals surface area (Å²) in [6.07, 6.45) is -0.983.